The fourth-order valence-electron chi connectivity index (χ4n) is 5.93. The number of carbonyl (C=O) groups excluding carboxylic acids is 1. The smallest absolute Gasteiger partial charge is 0.150 e. The third-order valence-corrected chi connectivity index (χ3v) is 8.22. The third kappa shape index (κ3) is 5.92. The first-order chi connectivity index (χ1) is 18.9. The van der Waals surface area contributed by atoms with E-state index < -0.39 is 0 Å². The van der Waals surface area contributed by atoms with Gasteiger partial charge in [0.2, 0.25) is 0 Å². The quantitative estimate of drug-likeness (QED) is 0.306. The number of benzene rings is 3. The molecule has 2 unspecified atom stereocenters. The van der Waals surface area contributed by atoms with Crippen molar-refractivity contribution < 1.29 is 4.79 Å². The van der Waals surface area contributed by atoms with Gasteiger partial charge in [0, 0.05) is 61.9 Å². The van der Waals surface area contributed by atoms with Gasteiger partial charge in [-0.3, -0.25) is 9.69 Å². The molecule has 200 valence electrons. The number of piperazine rings is 1. The molecule has 0 amide bonds. The van der Waals surface area contributed by atoms with Gasteiger partial charge in [0.05, 0.1) is 11.6 Å². The van der Waals surface area contributed by atoms with Crippen molar-refractivity contribution in [1.29, 1.82) is 5.26 Å². The number of nitriles is 1. The molecule has 0 spiro atoms. The van der Waals surface area contributed by atoms with Crippen LogP contribution in [0.15, 0.2) is 72.9 Å². The van der Waals surface area contributed by atoms with Gasteiger partial charge in [-0.1, -0.05) is 30.3 Å². The molecule has 0 bridgehead atoms. The van der Waals surface area contributed by atoms with Gasteiger partial charge in [0.1, 0.15) is 0 Å². The van der Waals surface area contributed by atoms with E-state index in [1.54, 1.807) is 0 Å². The normalized spacial score (nSPS) is 20.0. The SMILES string of the molecule is C/C(=C/N(C)c1ccc(N2CC(C)N(CC3CC3)C(C)C2)cc1)c1c(C=O)cccc1-c1ccc(C#N)cc1. The number of hydrogen-bond acceptors (Lipinski definition) is 5. The summed E-state index contributed by atoms with van der Waals surface area (Å²) in [4.78, 5) is 19.3. The van der Waals surface area contributed by atoms with Gasteiger partial charge in [-0.25, -0.2) is 0 Å². The van der Waals surface area contributed by atoms with Crippen molar-refractivity contribution >= 4 is 23.2 Å². The first-order valence-electron chi connectivity index (χ1n) is 14.0. The second-order valence-corrected chi connectivity index (χ2v) is 11.3. The van der Waals surface area contributed by atoms with E-state index in [4.69, 9.17) is 0 Å². The van der Waals surface area contributed by atoms with Gasteiger partial charge in [-0.15, -0.1) is 0 Å². The lowest BCUT2D eigenvalue weighted by atomic mass is 9.91. The monoisotopic (exact) mass is 518 g/mol. The van der Waals surface area contributed by atoms with Crippen molar-refractivity contribution in [2.45, 2.75) is 45.7 Å². The average Bonchev–Trinajstić information content (AvgIpc) is 3.79. The van der Waals surface area contributed by atoms with Gasteiger partial charge in [-0.05, 0) is 98.2 Å². The van der Waals surface area contributed by atoms with Crippen LogP contribution < -0.4 is 9.80 Å². The third-order valence-electron chi connectivity index (χ3n) is 8.22. The molecule has 5 rings (SSSR count). The number of anilines is 2. The topological polar surface area (TPSA) is 50.6 Å². The molecular formula is C34H38N4O. The lowest BCUT2D eigenvalue weighted by Gasteiger charge is -2.45. The Morgan fingerprint density at radius 3 is 2.26 bits per heavy atom. The van der Waals surface area contributed by atoms with Crippen molar-refractivity contribution in [3.05, 3.63) is 89.6 Å². The molecular weight excluding hydrogens is 480 g/mol. The summed E-state index contributed by atoms with van der Waals surface area (Å²) in [5.41, 5.74) is 7.50. The molecule has 3 aromatic carbocycles. The fraction of sp³-hybridized carbons (Fsp3) is 0.353. The Labute approximate surface area is 233 Å². The number of carbonyl (C=O) groups is 1. The first kappa shape index (κ1) is 26.7. The molecule has 2 atom stereocenters. The highest BCUT2D eigenvalue weighted by molar-refractivity contribution is 5.93. The van der Waals surface area contributed by atoms with E-state index in [9.17, 15) is 10.1 Å². The largest absolute Gasteiger partial charge is 0.368 e. The number of aldehydes is 1. The highest BCUT2D eigenvalue weighted by Crippen LogP contribution is 2.34. The Balaban J connectivity index is 1.34. The molecule has 1 aliphatic heterocycles. The maximum absolute atomic E-state index is 12.0. The predicted molar refractivity (Wildman–Crippen MR) is 161 cm³/mol. The second-order valence-electron chi connectivity index (χ2n) is 11.3. The molecule has 5 nitrogen and oxygen atoms in total. The van der Waals surface area contributed by atoms with Crippen LogP contribution in [0.4, 0.5) is 11.4 Å². The first-order valence-corrected chi connectivity index (χ1v) is 14.0. The Bertz CT molecular complexity index is 1370. The molecule has 39 heavy (non-hydrogen) atoms. The van der Waals surface area contributed by atoms with Gasteiger partial charge in [0.25, 0.3) is 0 Å². The van der Waals surface area contributed by atoms with Crippen LogP contribution in [-0.2, 0) is 0 Å². The average molecular weight is 519 g/mol. The van der Waals surface area contributed by atoms with Crippen LogP contribution in [0.1, 0.15) is 55.1 Å². The van der Waals surface area contributed by atoms with Crippen LogP contribution in [-0.4, -0.2) is 50.0 Å². The number of rotatable bonds is 8. The summed E-state index contributed by atoms with van der Waals surface area (Å²) >= 11 is 0. The molecule has 1 aliphatic carbocycles. The lowest BCUT2D eigenvalue weighted by Crippen LogP contribution is -2.57. The lowest BCUT2D eigenvalue weighted by molar-refractivity contribution is 0.112. The summed E-state index contributed by atoms with van der Waals surface area (Å²) in [6.45, 7) is 10.2. The Morgan fingerprint density at radius 1 is 1.00 bits per heavy atom. The summed E-state index contributed by atoms with van der Waals surface area (Å²) in [6, 6.07) is 25.4. The highest BCUT2D eigenvalue weighted by Gasteiger charge is 2.33. The molecule has 1 saturated heterocycles. The van der Waals surface area contributed by atoms with Gasteiger partial charge in [0.15, 0.2) is 6.29 Å². The van der Waals surface area contributed by atoms with Gasteiger partial charge < -0.3 is 9.80 Å². The zero-order valence-corrected chi connectivity index (χ0v) is 23.5. The zero-order valence-electron chi connectivity index (χ0n) is 23.5. The van der Waals surface area contributed by atoms with Crippen molar-refractivity contribution in [3.8, 4) is 17.2 Å². The molecule has 3 aromatic rings. The van der Waals surface area contributed by atoms with Crippen molar-refractivity contribution in [2.24, 2.45) is 5.92 Å². The van der Waals surface area contributed by atoms with Crippen LogP contribution in [0.25, 0.3) is 16.7 Å². The predicted octanol–water partition coefficient (Wildman–Crippen LogP) is 6.84. The second kappa shape index (κ2) is 11.5. The van der Waals surface area contributed by atoms with Crippen LogP contribution in [0.2, 0.25) is 0 Å². The van der Waals surface area contributed by atoms with E-state index in [1.165, 1.54) is 25.1 Å². The highest BCUT2D eigenvalue weighted by atomic mass is 16.1. The van der Waals surface area contributed by atoms with Gasteiger partial charge in [-0.2, -0.15) is 5.26 Å². The summed E-state index contributed by atoms with van der Waals surface area (Å²) in [5.74, 6) is 0.923. The van der Waals surface area contributed by atoms with Crippen LogP contribution in [0.3, 0.4) is 0 Å². The fourth-order valence-corrected chi connectivity index (χ4v) is 5.93. The maximum atomic E-state index is 12.0. The number of hydrogen-bond donors (Lipinski definition) is 0. The Hall–Kier alpha value is -3.88. The molecule has 2 aliphatic rings. The minimum absolute atomic E-state index is 0.561. The van der Waals surface area contributed by atoms with Crippen LogP contribution >= 0.6 is 0 Å². The molecule has 2 fully saturated rings. The molecule has 0 aromatic heterocycles. The number of allylic oxidation sites excluding steroid dienone is 1. The molecule has 1 saturated carbocycles. The standard InChI is InChI=1S/C34H38N4O/c1-24(34-30(23-39)6-5-7-33(34)29-12-10-27(18-35)11-13-29)19-36(4)31-14-16-32(17-15-31)37-20-25(2)38(26(3)21-37)22-28-8-9-28/h5-7,10-17,19,23,25-26,28H,8-9,20-22H2,1-4H3/b24-19-. The molecule has 0 N–H and O–H groups in total. The Kier molecular flexibility index (Phi) is 7.86. The zero-order chi connectivity index (χ0) is 27.5. The van der Waals surface area contributed by atoms with Crippen molar-refractivity contribution in [2.75, 3.05) is 36.5 Å². The van der Waals surface area contributed by atoms with Crippen LogP contribution in [0, 0.1) is 17.2 Å². The van der Waals surface area contributed by atoms with Crippen molar-refractivity contribution in [1.82, 2.24) is 4.90 Å². The minimum atomic E-state index is 0.561. The van der Waals surface area contributed by atoms with E-state index in [1.807, 2.05) is 56.4 Å². The Morgan fingerprint density at radius 2 is 1.67 bits per heavy atom. The summed E-state index contributed by atoms with van der Waals surface area (Å²) < 4.78 is 0. The van der Waals surface area contributed by atoms with E-state index in [2.05, 4.69) is 65.1 Å². The van der Waals surface area contributed by atoms with Crippen LogP contribution in [0.5, 0.6) is 0 Å². The van der Waals surface area contributed by atoms with Gasteiger partial charge >= 0.3 is 0 Å². The molecule has 0 radical (unpaired) electrons. The summed E-state index contributed by atoms with van der Waals surface area (Å²) in [5, 5.41) is 9.17. The van der Waals surface area contributed by atoms with E-state index >= 15 is 0 Å². The summed E-state index contributed by atoms with van der Waals surface area (Å²) in [6.07, 6.45) is 5.81. The van der Waals surface area contributed by atoms with E-state index in [-0.39, 0.29) is 0 Å². The number of nitrogens with zero attached hydrogens (tertiary/aromatic N) is 4. The molecule has 5 heteroatoms. The van der Waals surface area contributed by atoms with E-state index in [0.29, 0.717) is 23.2 Å². The molecule has 1 heterocycles. The minimum Gasteiger partial charge on any atom is -0.368 e. The summed E-state index contributed by atoms with van der Waals surface area (Å²) in [7, 11) is 2.05. The van der Waals surface area contributed by atoms with Crippen molar-refractivity contribution in [3.63, 3.8) is 0 Å². The maximum Gasteiger partial charge on any atom is 0.150 e. The van der Waals surface area contributed by atoms with E-state index in [0.717, 1.165) is 53.2 Å².